The predicted molar refractivity (Wildman–Crippen MR) is 110 cm³/mol. The summed E-state index contributed by atoms with van der Waals surface area (Å²) in [5, 5.41) is 4.60. The first-order valence-corrected chi connectivity index (χ1v) is 10.1. The van der Waals surface area contributed by atoms with Crippen molar-refractivity contribution >= 4 is 23.2 Å². The maximum atomic E-state index is 13.0. The molecule has 0 aliphatic carbocycles. The maximum Gasteiger partial charge on any atom is 0.349 e. The van der Waals surface area contributed by atoms with Crippen LogP contribution >= 0.6 is 11.3 Å². The second-order valence-electron chi connectivity index (χ2n) is 6.41. The molecule has 0 saturated carbocycles. The van der Waals surface area contributed by atoms with E-state index in [2.05, 4.69) is 5.32 Å². The van der Waals surface area contributed by atoms with Crippen molar-refractivity contribution in [2.24, 2.45) is 0 Å². The van der Waals surface area contributed by atoms with Crippen LogP contribution in [0.15, 0.2) is 60.0 Å². The molecule has 2 heterocycles. The molecule has 1 N–H and O–H groups in total. The number of thiophene rings is 1. The van der Waals surface area contributed by atoms with E-state index in [4.69, 9.17) is 18.9 Å². The van der Waals surface area contributed by atoms with Gasteiger partial charge in [0.15, 0.2) is 11.5 Å². The lowest BCUT2D eigenvalue weighted by atomic mass is 10.1. The third-order valence-corrected chi connectivity index (χ3v) is 5.36. The molecule has 2 aromatic carbocycles. The zero-order valence-corrected chi connectivity index (χ0v) is 16.9. The number of methoxy groups -OCH3 is 1. The number of ether oxygens (including phenoxy) is 4. The summed E-state index contributed by atoms with van der Waals surface area (Å²) in [7, 11) is 1.50. The summed E-state index contributed by atoms with van der Waals surface area (Å²) in [6.45, 7) is 0.414. The second kappa shape index (κ2) is 8.87. The Morgan fingerprint density at radius 2 is 1.93 bits per heavy atom. The summed E-state index contributed by atoms with van der Waals surface area (Å²) < 4.78 is 21.6. The molecule has 30 heavy (non-hydrogen) atoms. The third kappa shape index (κ3) is 4.23. The van der Waals surface area contributed by atoms with Gasteiger partial charge in [-0.15, -0.1) is 11.3 Å². The minimum atomic E-state index is -1.16. The Kier molecular flexibility index (Phi) is 5.85. The molecule has 4 rings (SSSR count). The van der Waals surface area contributed by atoms with Gasteiger partial charge >= 0.3 is 5.97 Å². The number of esters is 1. The SMILES string of the molecule is COc1ccccc1[C@@H](OC(=O)c1cccs1)C(=O)NCc1ccc2c(c1)OCO2. The number of fused-ring (bicyclic) bond motifs is 1. The summed E-state index contributed by atoms with van der Waals surface area (Å²) in [4.78, 5) is 26.0. The first-order chi connectivity index (χ1) is 14.7. The van der Waals surface area contributed by atoms with Gasteiger partial charge in [-0.05, 0) is 35.2 Å². The first kappa shape index (κ1) is 19.8. The Balaban J connectivity index is 1.53. The molecule has 1 aliphatic rings. The van der Waals surface area contributed by atoms with Gasteiger partial charge in [0, 0.05) is 12.1 Å². The van der Waals surface area contributed by atoms with Crippen LogP contribution in [0.2, 0.25) is 0 Å². The summed E-state index contributed by atoms with van der Waals surface area (Å²) in [6.07, 6.45) is -1.16. The van der Waals surface area contributed by atoms with Gasteiger partial charge in [-0.2, -0.15) is 0 Å². The van der Waals surface area contributed by atoms with E-state index in [1.54, 1.807) is 53.9 Å². The minimum absolute atomic E-state index is 0.180. The lowest BCUT2D eigenvalue weighted by Gasteiger charge is -2.20. The summed E-state index contributed by atoms with van der Waals surface area (Å²) in [5.74, 6) is 0.731. The first-order valence-electron chi connectivity index (χ1n) is 9.19. The number of nitrogens with one attached hydrogen (secondary N) is 1. The van der Waals surface area contributed by atoms with Crippen molar-refractivity contribution < 1.29 is 28.5 Å². The van der Waals surface area contributed by atoms with Crippen LogP contribution in [-0.4, -0.2) is 25.8 Å². The zero-order valence-electron chi connectivity index (χ0n) is 16.1. The molecule has 1 aliphatic heterocycles. The van der Waals surface area contributed by atoms with Crippen molar-refractivity contribution in [2.75, 3.05) is 13.9 Å². The van der Waals surface area contributed by atoms with Crippen LogP contribution < -0.4 is 19.5 Å². The molecule has 1 aromatic heterocycles. The van der Waals surface area contributed by atoms with E-state index in [1.807, 2.05) is 6.07 Å². The van der Waals surface area contributed by atoms with Crippen LogP contribution in [0.3, 0.4) is 0 Å². The number of rotatable bonds is 7. The molecule has 1 atom stereocenters. The van der Waals surface area contributed by atoms with Gasteiger partial charge in [-0.25, -0.2) is 4.79 Å². The molecular weight excluding hydrogens is 406 g/mol. The lowest BCUT2D eigenvalue weighted by molar-refractivity contribution is -0.130. The van der Waals surface area contributed by atoms with Crippen LogP contribution in [0.4, 0.5) is 0 Å². The fourth-order valence-corrected chi connectivity index (χ4v) is 3.64. The van der Waals surface area contributed by atoms with Gasteiger partial charge in [-0.3, -0.25) is 4.79 Å². The molecule has 0 bridgehead atoms. The van der Waals surface area contributed by atoms with E-state index in [0.29, 0.717) is 27.7 Å². The third-order valence-electron chi connectivity index (χ3n) is 4.51. The quantitative estimate of drug-likeness (QED) is 0.581. The average molecular weight is 425 g/mol. The summed E-state index contributed by atoms with van der Waals surface area (Å²) in [6, 6.07) is 15.8. The van der Waals surface area contributed by atoms with E-state index in [9.17, 15) is 9.59 Å². The topological polar surface area (TPSA) is 83.1 Å². The molecule has 8 heteroatoms. The van der Waals surface area contributed by atoms with E-state index < -0.39 is 18.0 Å². The molecular formula is C22H19NO6S. The van der Waals surface area contributed by atoms with Gasteiger partial charge in [0.2, 0.25) is 12.9 Å². The van der Waals surface area contributed by atoms with E-state index in [-0.39, 0.29) is 13.3 Å². The number of hydrogen-bond acceptors (Lipinski definition) is 7. The summed E-state index contributed by atoms with van der Waals surface area (Å²) >= 11 is 1.25. The van der Waals surface area contributed by atoms with E-state index >= 15 is 0 Å². The van der Waals surface area contributed by atoms with Crippen molar-refractivity contribution in [3.05, 3.63) is 76.0 Å². The smallest absolute Gasteiger partial charge is 0.349 e. The Bertz CT molecular complexity index is 1050. The zero-order chi connectivity index (χ0) is 20.9. The van der Waals surface area contributed by atoms with Crippen molar-refractivity contribution in [1.29, 1.82) is 0 Å². The van der Waals surface area contributed by atoms with Gasteiger partial charge < -0.3 is 24.3 Å². The van der Waals surface area contributed by atoms with E-state index in [0.717, 1.165) is 5.56 Å². The molecule has 0 spiro atoms. The maximum absolute atomic E-state index is 13.0. The molecule has 1 amide bonds. The highest BCUT2D eigenvalue weighted by molar-refractivity contribution is 7.11. The summed E-state index contributed by atoms with van der Waals surface area (Å²) in [5.41, 5.74) is 1.30. The predicted octanol–water partition coefficient (Wildman–Crippen LogP) is 3.70. The fourth-order valence-electron chi connectivity index (χ4n) is 3.03. The van der Waals surface area contributed by atoms with Crippen molar-refractivity contribution in [1.82, 2.24) is 5.32 Å². The normalized spacial score (nSPS) is 12.8. The number of carbonyl (C=O) groups excluding carboxylic acids is 2. The molecule has 154 valence electrons. The Hall–Kier alpha value is -3.52. The highest BCUT2D eigenvalue weighted by atomic mass is 32.1. The standard InChI is InChI=1S/C22H19NO6S/c1-26-16-6-3-2-5-15(16)20(29-22(25)19-7-4-10-30-19)21(24)23-12-14-8-9-17-18(11-14)28-13-27-17/h2-11,20H,12-13H2,1H3,(H,23,24)/t20-/m1/s1. The van der Waals surface area contributed by atoms with Crippen LogP contribution in [0.25, 0.3) is 0 Å². The highest BCUT2D eigenvalue weighted by Crippen LogP contribution is 2.33. The van der Waals surface area contributed by atoms with Gasteiger partial charge in [-0.1, -0.05) is 30.3 Å². The Morgan fingerprint density at radius 3 is 2.73 bits per heavy atom. The monoisotopic (exact) mass is 425 g/mol. The van der Waals surface area contributed by atoms with Crippen molar-refractivity contribution in [2.45, 2.75) is 12.6 Å². The van der Waals surface area contributed by atoms with E-state index in [1.165, 1.54) is 18.4 Å². The highest BCUT2D eigenvalue weighted by Gasteiger charge is 2.28. The largest absolute Gasteiger partial charge is 0.496 e. The van der Waals surface area contributed by atoms with Gasteiger partial charge in [0.25, 0.3) is 5.91 Å². The fraction of sp³-hybridized carbons (Fsp3) is 0.182. The van der Waals surface area contributed by atoms with Crippen molar-refractivity contribution in [3.63, 3.8) is 0 Å². The average Bonchev–Trinajstić information content (AvgIpc) is 3.47. The minimum Gasteiger partial charge on any atom is -0.496 e. The van der Waals surface area contributed by atoms with Gasteiger partial charge in [0.05, 0.1) is 7.11 Å². The number of carbonyl (C=O) groups is 2. The second-order valence-corrected chi connectivity index (χ2v) is 7.36. The number of para-hydroxylation sites is 1. The Labute approximate surface area is 177 Å². The molecule has 0 saturated heterocycles. The molecule has 3 aromatic rings. The lowest BCUT2D eigenvalue weighted by Crippen LogP contribution is -2.32. The number of hydrogen-bond donors (Lipinski definition) is 1. The Morgan fingerprint density at radius 1 is 1.10 bits per heavy atom. The number of benzene rings is 2. The number of amides is 1. The molecule has 0 unspecified atom stereocenters. The van der Waals surface area contributed by atoms with Crippen LogP contribution in [0.1, 0.15) is 26.9 Å². The van der Waals surface area contributed by atoms with Crippen LogP contribution in [0.5, 0.6) is 17.2 Å². The molecule has 0 radical (unpaired) electrons. The van der Waals surface area contributed by atoms with Crippen LogP contribution in [0, 0.1) is 0 Å². The van der Waals surface area contributed by atoms with Crippen LogP contribution in [-0.2, 0) is 16.1 Å². The molecule has 7 nitrogen and oxygen atoms in total. The molecule has 0 fully saturated rings. The van der Waals surface area contributed by atoms with Gasteiger partial charge in [0.1, 0.15) is 10.6 Å². The van der Waals surface area contributed by atoms with Crippen molar-refractivity contribution in [3.8, 4) is 17.2 Å².